The van der Waals surface area contributed by atoms with Crippen molar-refractivity contribution in [1.82, 2.24) is 4.98 Å². The number of carbonyl (C=O) groups is 1. The molecule has 0 radical (unpaired) electrons. The van der Waals surface area contributed by atoms with E-state index in [1.807, 2.05) is 12.3 Å². The van der Waals surface area contributed by atoms with Crippen molar-refractivity contribution in [3.05, 3.63) is 34.9 Å². The highest BCUT2D eigenvalue weighted by Crippen LogP contribution is 2.09. The molecule has 0 fully saturated rings. The molecule has 0 saturated heterocycles. The Hall–Kier alpha value is -1.88. The van der Waals surface area contributed by atoms with E-state index in [0.717, 1.165) is 18.5 Å². The van der Waals surface area contributed by atoms with Gasteiger partial charge in [0.25, 0.3) is 0 Å². The van der Waals surface area contributed by atoms with Crippen molar-refractivity contribution in [2.75, 3.05) is 20.3 Å². The molecule has 1 rings (SSSR count). The van der Waals surface area contributed by atoms with E-state index in [-0.39, 0.29) is 17.1 Å². The van der Waals surface area contributed by atoms with Gasteiger partial charge < -0.3 is 14.8 Å². The first-order valence-corrected chi connectivity index (χ1v) is 6.61. The van der Waals surface area contributed by atoms with Gasteiger partial charge in [0, 0.05) is 38.2 Å². The first kappa shape index (κ1) is 16.2. The third kappa shape index (κ3) is 5.01. The van der Waals surface area contributed by atoms with E-state index in [9.17, 15) is 9.90 Å². The number of carbonyl (C=O) groups excluding carboxylic acids is 1. The van der Waals surface area contributed by atoms with Crippen LogP contribution in [0.2, 0.25) is 0 Å². The van der Waals surface area contributed by atoms with E-state index in [4.69, 9.17) is 4.74 Å². The molecule has 0 amide bonds. The average molecular weight is 278 g/mol. The highest BCUT2D eigenvalue weighted by atomic mass is 16.5. The van der Waals surface area contributed by atoms with Gasteiger partial charge >= 0.3 is 0 Å². The topological polar surface area (TPSA) is 74.7 Å². The number of hydrogen-bond acceptors (Lipinski definition) is 4. The van der Waals surface area contributed by atoms with Crippen LogP contribution in [-0.2, 0) is 22.4 Å². The molecule has 0 aliphatic carbocycles. The maximum absolute atomic E-state index is 11.3. The average Bonchev–Trinajstić information content (AvgIpc) is 2.82. The number of nitrogens with one attached hydrogen (secondary N) is 1. The molecule has 0 aliphatic rings. The highest BCUT2D eigenvalue weighted by molar-refractivity contribution is 6.12. The molecular formula is C15H22N2O3. The number of nitrogens with zero attached hydrogens (tertiary/aromatic N) is 1. The summed E-state index contributed by atoms with van der Waals surface area (Å²) >= 11 is 0. The normalized spacial score (nSPS) is 12.8. The molecule has 0 unspecified atom stereocenters. The molecule has 1 aromatic rings. The van der Waals surface area contributed by atoms with E-state index < -0.39 is 0 Å². The molecule has 1 aromatic heterocycles. The van der Waals surface area contributed by atoms with Crippen LogP contribution in [0.15, 0.2) is 28.6 Å². The Morgan fingerprint density at radius 1 is 1.45 bits per heavy atom. The maximum Gasteiger partial charge on any atom is 0.164 e. The number of aliphatic imine (C=N–C) groups is 1. The number of aliphatic hydroxyl groups excluding tert-OH is 1. The summed E-state index contributed by atoms with van der Waals surface area (Å²) < 4.78 is 5.06. The molecule has 2 N–H and O–H groups in total. The smallest absolute Gasteiger partial charge is 0.164 e. The third-order valence-electron chi connectivity index (χ3n) is 2.99. The van der Waals surface area contributed by atoms with Crippen molar-refractivity contribution < 1.29 is 14.6 Å². The van der Waals surface area contributed by atoms with Crippen molar-refractivity contribution in [3.8, 4) is 0 Å². The minimum atomic E-state index is -0.184. The number of aromatic nitrogens is 1. The quantitative estimate of drug-likeness (QED) is 0.435. The second kappa shape index (κ2) is 8.32. The molecule has 0 aromatic carbocycles. The van der Waals surface area contributed by atoms with E-state index >= 15 is 0 Å². The van der Waals surface area contributed by atoms with Crippen molar-refractivity contribution in [2.24, 2.45) is 4.99 Å². The van der Waals surface area contributed by atoms with Gasteiger partial charge in [0.1, 0.15) is 5.76 Å². The van der Waals surface area contributed by atoms with E-state index in [1.165, 1.54) is 25.6 Å². The lowest BCUT2D eigenvalue weighted by molar-refractivity contribution is -0.113. The zero-order valence-corrected chi connectivity index (χ0v) is 12.3. The predicted octanol–water partition coefficient (Wildman–Crippen LogP) is 2.24. The van der Waals surface area contributed by atoms with Crippen LogP contribution in [0, 0.1) is 0 Å². The van der Waals surface area contributed by atoms with Crippen LogP contribution in [-0.4, -0.2) is 42.3 Å². The molecule has 5 nitrogen and oxygen atoms in total. The number of hydrogen-bond donors (Lipinski definition) is 2. The standard InChI is InChI=1S/C15H22N2O3/c1-11(18)14(12(2)19)10-16-7-4-13-5-8-17-15(13)6-9-20-3/h5,8,10,17-18H,4,6-7,9H2,1-3H3/b14-11+,16-10?. The molecular weight excluding hydrogens is 256 g/mol. The van der Waals surface area contributed by atoms with E-state index in [1.54, 1.807) is 7.11 Å². The maximum atomic E-state index is 11.3. The summed E-state index contributed by atoms with van der Waals surface area (Å²) in [5.41, 5.74) is 2.62. The van der Waals surface area contributed by atoms with Crippen molar-refractivity contribution in [1.29, 1.82) is 0 Å². The summed E-state index contributed by atoms with van der Waals surface area (Å²) in [5, 5.41) is 9.36. The lowest BCUT2D eigenvalue weighted by atomic mass is 10.1. The lowest BCUT2D eigenvalue weighted by Crippen LogP contribution is -2.03. The lowest BCUT2D eigenvalue weighted by Gasteiger charge is -2.02. The fraction of sp³-hybridized carbons (Fsp3) is 0.467. The van der Waals surface area contributed by atoms with Gasteiger partial charge in [-0.05, 0) is 31.9 Å². The molecule has 0 atom stereocenters. The number of methoxy groups -OCH3 is 1. The molecule has 1 heterocycles. The highest BCUT2D eigenvalue weighted by Gasteiger charge is 2.05. The Morgan fingerprint density at radius 3 is 2.80 bits per heavy atom. The summed E-state index contributed by atoms with van der Waals surface area (Å²) in [6.07, 6.45) is 4.98. The summed E-state index contributed by atoms with van der Waals surface area (Å²) in [6.45, 7) is 4.15. The van der Waals surface area contributed by atoms with Gasteiger partial charge in [-0.25, -0.2) is 0 Å². The molecule has 0 aliphatic heterocycles. The van der Waals surface area contributed by atoms with Crippen molar-refractivity contribution in [3.63, 3.8) is 0 Å². The number of allylic oxidation sites excluding steroid dienone is 2. The first-order valence-electron chi connectivity index (χ1n) is 6.61. The molecule has 110 valence electrons. The summed E-state index contributed by atoms with van der Waals surface area (Å²) in [6, 6.07) is 2.03. The Morgan fingerprint density at radius 2 is 2.20 bits per heavy atom. The number of H-pyrrole nitrogens is 1. The van der Waals surface area contributed by atoms with Crippen LogP contribution in [0.5, 0.6) is 0 Å². The van der Waals surface area contributed by atoms with Crippen LogP contribution < -0.4 is 0 Å². The molecule has 0 bridgehead atoms. The van der Waals surface area contributed by atoms with Gasteiger partial charge in [0.15, 0.2) is 5.78 Å². The summed E-state index contributed by atoms with van der Waals surface area (Å²) in [5.74, 6) is -0.181. The number of ketones is 1. The second-order valence-corrected chi connectivity index (χ2v) is 4.56. The first-order chi connectivity index (χ1) is 9.56. The largest absolute Gasteiger partial charge is 0.512 e. The van der Waals surface area contributed by atoms with Crippen LogP contribution in [0.3, 0.4) is 0 Å². The predicted molar refractivity (Wildman–Crippen MR) is 79.4 cm³/mol. The van der Waals surface area contributed by atoms with E-state index in [2.05, 4.69) is 9.98 Å². The van der Waals surface area contributed by atoms with Crippen molar-refractivity contribution in [2.45, 2.75) is 26.7 Å². The number of Topliss-reactive ketones (excluding diaryl/α,β-unsaturated/α-hetero) is 1. The van der Waals surface area contributed by atoms with Gasteiger partial charge in [0.05, 0.1) is 12.2 Å². The van der Waals surface area contributed by atoms with Crippen LogP contribution in [0.1, 0.15) is 25.1 Å². The Kier molecular flexibility index (Phi) is 6.73. The SMILES string of the molecule is COCCc1[nH]ccc1CCN=C/C(C(C)=O)=C(/C)O. The van der Waals surface area contributed by atoms with Gasteiger partial charge in [-0.2, -0.15) is 0 Å². The minimum absolute atomic E-state index is 0.00341. The second-order valence-electron chi connectivity index (χ2n) is 4.56. The molecule has 0 saturated carbocycles. The monoisotopic (exact) mass is 278 g/mol. The number of rotatable bonds is 8. The van der Waals surface area contributed by atoms with Gasteiger partial charge in [-0.1, -0.05) is 0 Å². The number of aromatic amines is 1. The third-order valence-corrected chi connectivity index (χ3v) is 2.99. The van der Waals surface area contributed by atoms with Gasteiger partial charge in [-0.15, -0.1) is 0 Å². The van der Waals surface area contributed by atoms with Crippen LogP contribution in [0.4, 0.5) is 0 Å². The zero-order chi connectivity index (χ0) is 15.0. The Bertz CT molecular complexity index is 497. The molecule has 5 heteroatoms. The Labute approximate surface area is 119 Å². The summed E-state index contributed by atoms with van der Waals surface area (Å²) in [7, 11) is 1.68. The fourth-order valence-corrected chi connectivity index (χ4v) is 1.89. The summed E-state index contributed by atoms with van der Waals surface area (Å²) in [4.78, 5) is 18.6. The van der Waals surface area contributed by atoms with Crippen LogP contribution in [0.25, 0.3) is 0 Å². The van der Waals surface area contributed by atoms with Gasteiger partial charge in [-0.3, -0.25) is 9.79 Å². The minimum Gasteiger partial charge on any atom is -0.512 e. The zero-order valence-electron chi connectivity index (χ0n) is 12.3. The number of ether oxygens (including phenoxy) is 1. The fourth-order valence-electron chi connectivity index (χ4n) is 1.89. The van der Waals surface area contributed by atoms with E-state index in [0.29, 0.717) is 13.2 Å². The Balaban J connectivity index is 2.54. The number of aliphatic hydroxyl groups is 1. The molecule has 20 heavy (non-hydrogen) atoms. The van der Waals surface area contributed by atoms with Gasteiger partial charge in [0.2, 0.25) is 0 Å². The van der Waals surface area contributed by atoms with Crippen LogP contribution >= 0.6 is 0 Å². The van der Waals surface area contributed by atoms with Crippen molar-refractivity contribution >= 4 is 12.0 Å². The molecule has 0 spiro atoms.